The Kier molecular flexibility index (Phi) is 8.79. The Balaban J connectivity index is 0.000000479. The van der Waals surface area contributed by atoms with Crippen LogP contribution in [0.25, 0.3) is 10.1 Å². The number of hydrogen-bond acceptors (Lipinski definition) is 6. The number of nitrogens with zero attached hydrogens (tertiary/aromatic N) is 2. The van der Waals surface area contributed by atoms with E-state index in [2.05, 4.69) is 9.71 Å². The Morgan fingerprint density at radius 3 is 2.49 bits per heavy atom. The second kappa shape index (κ2) is 11.5. The van der Waals surface area contributed by atoms with Crippen LogP contribution in [-0.2, 0) is 19.6 Å². The zero-order chi connectivity index (χ0) is 27.4. The summed E-state index contributed by atoms with van der Waals surface area (Å²) in [6.45, 7) is 0.485. The molecule has 0 aliphatic carbocycles. The molecule has 0 saturated carbocycles. The van der Waals surface area contributed by atoms with E-state index in [0.29, 0.717) is 23.8 Å². The van der Waals surface area contributed by atoms with E-state index >= 15 is 0 Å². The van der Waals surface area contributed by atoms with Crippen LogP contribution < -0.4 is 10.5 Å². The number of hydrogen-bond donors (Lipinski definition) is 3. The van der Waals surface area contributed by atoms with Gasteiger partial charge in [-0.15, -0.1) is 11.3 Å². The van der Waals surface area contributed by atoms with E-state index in [1.807, 2.05) is 30.3 Å². The number of sulfonamides is 1. The fourth-order valence-corrected chi connectivity index (χ4v) is 6.02. The molecule has 15 heteroatoms. The van der Waals surface area contributed by atoms with Crippen LogP contribution in [0.15, 0.2) is 63.8 Å². The highest BCUT2D eigenvalue weighted by Crippen LogP contribution is 2.31. The van der Waals surface area contributed by atoms with Crippen molar-refractivity contribution in [3.63, 3.8) is 0 Å². The minimum atomic E-state index is -5.08. The number of alkyl halides is 3. The largest absolute Gasteiger partial charge is 0.490 e. The summed E-state index contributed by atoms with van der Waals surface area (Å²) in [7, 11) is -3.83. The van der Waals surface area contributed by atoms with Gasteiger partial charge in [0.1, 0.15) is 22.8 Å². The summed E-state index contributed by atoms with van der Waals surface area (Å²) in [6, 6.07) is 15.2. The van der Waals surface area contributed by atoms with Gasteiger partial charge in [-0.2, -0.15) is 17.9 Å². The first kappa shape index (κ1) is 28.4. The molecule has 2 heterocycles. The SMILES string of the molecule is NC(=NCN1CC[C@H](NS(=O)(=O)c2cc3cc(Cl)ccc3s2)C1=O)c1ccccc1.O=C(O)C(F)(F)F. The minimum Gasteiger partial charge on any atom is -0.475 e. The van der Waals surface area contributed by atoms with Crippen molar-refractivity contribution in [2.24, 2.45) is 10.7 Å². The zero-order valence-electron chi connectivity index (χ0n) is 18.8. The number of nitrogens with one attached hydrogen (secondary N) is 1. The van der Waals surface area contributed by atoms with Crippen LogP contribution in [0.4, 0.5) is 13.2 Å². The predicted octanol–water partition coefficient (Wildman–Crippen LogP) is 3.43. The van der Waals surface area contributed by atoms with Gasteiger partial charge in [-0.05, 0) is 36.1 Å². The van der Waals surface area contributed by atoms with E-state index in [1.54, 1.807) is 24.3 Å². The number of aliphatic imine (C=N–C) groups is 1. The summed E-state index contributed by atoms with van der Waals surface area (Å²) < 4.78 is 60.8. The molecule has 2 aromatic carbocycles. The second-order valence-corrected chi connectivity index (χ2v) is 11.1. The molecule has 198 valence electrons. The van der Waals surface area contributed by atoms with Gasteiger partial charge in [-0.25, -0.2) is 18.2 Å². The summed E-state index contributed by atoms with van der Waals surface area (Å²) in [5.41, 5.74) is 6.74. The number of fused-ring (bicyclic) bond motifs is 1. The maximum Gasteiger partial charge on any atom is 0.490 e. The van der Waals surface area contributed by atoms with Crippen molar-refractivity contribution in [3.8, 4) is 0 Å². The molecule has 1 fully saturated rings. The average Bonchev–Trinajstić information content (AvgIpc) is 3.41. The van der Waals surface area contributed by atoms with E-state index < -0.39 is 28.2 Å². The van der Waals surface area contributed by atoms with E-state index in [9.17, 15) is 26.4 Å². The monoisotopic (exact) mass is 576 g/mol. The lowest BCUT2D eigenvalue weighted by Gasteiger charge is -2.15. The number of likely N-dealkylation sites (tertiary alicyclic amines) is 1. The number of nitrogens with two attached hydrogens (primary N) is 1. The molecule has 4 rings (SSSR count). The molecule has 3 aromatic rings. The number of amidine groups is 1. The van der Waals surface area contributed by atoms with Crippen molar-refractivity contribution in [2.75, 3.05) is 13.2 Å². The number of carboxylic acid groups (broad SMARTS) is 1. The molecule has 1 aliphatic heterocycles. The minimum absolute atomic E-state index is 0.0825. The summed E-state index contributed by atoms with van der Waals surface area (Å²) in [5.74, 6) is -2.74. The third-order valence-corrected chi connectivity index (χ3v) is 8.34. The Bertz CT molecular complexity index is 1430. The Labute approximate surface area is 218 Å². The highest BCUT2D eigenvalue weighted by atomic mass is 35.5. The Morgan fingerprint density at radius 2 is 1.86 bits per heavy atom. The smallest absolute Gasteiger partial charge is 0.475 e. The number of aliphatic carboxylic acids is 1. The number of benzene rings is 2. The Hall–Kier alpha value is -3.20. The van der Waals surface area contributed by atoms with Crippen molar-refractivity contribution >= 4 is 60.8 Å². The number of rotatable bonds is 6. The van der Waals surface area contributed by atoms with Crippen LogP contribution >= 0.6 is 22.9 Å². The molecular weight excluding hydrogens is 557 g/mol. The normalized spacial score (nSPS) is 16.5. The van der Waals surface area contributed by atoms with Gasteiger partial charge in [0, 0.05) is 21.8 Å². The summed E-state index contributed by atoms with van der Waals surface area (Å²) in [6.07, 6.45) is -4.71. The topological polar surface area (TPSA) is 142 Å². The molecule has 1 saturated heterocycles. The molecule has 0 bridgehead atoms. The van der Waals surface area contributed by atoms with Crippen molar-refractivity contribution in [3.05, 3.63) is 65.2 Å². The average molecular weight is 577 g/mol. The molecule has 1 amide bonds. The number of carbonyl (C=O) groups excluding carboxylic acids is 1. The molecule has 1 aliphatic rings. The maximum absolute atomic E-state index is 12.8. The fourth-order valence-electron chi connectivity index (χ4n) is 3.22. The molecule has 0 unspecified atom stereocenters. The van der Waals surface area contributed by atoms with E-state index in [1.165, 1.54) is 4.90 Å². The van der Waals surface area contributed by atoms with E-state index in [0.717, 1.165) is 27.0 Å². The molecule has 1 aromatic heterocycles. The van der Waals surface area contributed by atoms with Crippen LogP contribution in [0.3, 0.4) is 0 Å². The number of carbonyl (C=O) groups is 2. The summed E-state index contributed by atoms with van der Waals surface area (Å²) in [4.78, 5) is 27.3. The van der Waals surface area contributed by atoms with Gasteiger partial charge in [-0.1, -0.05) is 41.9 Å². The van der Waals surface area contributed by atoms with Gasteiger partial charge in [-0.3, -0.25) is 4.79 Å². The van der Waals surface area contributed by atoms with Gasteiger partial charge in [0.25, 0.3) is 10.0 Å². The first-order valence-electron chi connectivity index (χ1n) is 10.4. The molecule has 1 atom stereocenters. The van der Waals surface area contributed by atoms with Crippen molar-refractivity contribution < 1.29 is 36.3 Å². The van der Waals surface area contributed by atoms with Gasteiger partial charge in [0.15, 0.2) is 0 Å². The lowest BCUT2D eigenvalue weighted by atomic mass is 10.2. The molecule has 9 nitrogen and oxygen atoms in total. The van der Waals surface area contributed by atoms with E-state index in [4.69, 9.17) is 27.2 Å². The lowest BCUT2D eigenvalue weighted by Crippen LogP contribution is -2.41. The third kappa shape index (κ3) is 7.41. The first-order chi connectivity index (χ1) is 17.3. The Morgan fingerprint density at radius 1 is 1.22 bits per heavy atom. The van der Waals surface area contributed by atoms with Gasteiger partial charge >= 0.3 is 12.1 Å². The fraction of sp³-hybridized carbons (Fsp3) is 0.227. The van der Waals surface area contributed by atoms with Crippen LogP contribution in [0.2, 0.25) is 5.02 Å². The summed E-state index contributed by atoms with van der Waals surface area (Å²) >= 11 is 7.11. The van der Waals surface area contributed by atoms with Gasteiger partial charge in [0.05, 0.1) is 0 Å². The first-order valence-corrected chi connectivity index (χ1v) is 13.1. The van der Waals surface area contributed by atoms with Crippen molar-refractivity contribution in [2.45, 2.75) is 22.8 Å². The summed E-state index contributed by atoms with van der Waals surface area (Å²) in [5, 5.41) is 8.41. The van der Waals surface area contributed by atoms with Crippen molar-refractivity contribution in [1.82, 2.24) is 9.62 Å². The van der Waals surface area contributed by atoms with E-state index in [-0.39, 0.29) is 16.8 Å². The molecule has 37 heavy (non-hydrogen) atoms. The number of thiophene rings is 1. The number of carboxylic acids is 1. The molecular formula is C22H20ClF3N4O5S2. The second-order valence-electron chi connectivity index (χ2n) is 7.67. The molecule has 0 radical (unpaired) electrons. The lowest BCUT2D eigenvalue weighted by molar-refractivity contribution is -0.192. The maximum atomic E-state index is 12.8. The molecule has 0 spiro atoms. The number of amides is 1. The van der Waals surface area contributed by atoms with Crippen LogP contribution in [0, 0.1) is 0 Å². The van der Waals surface area contributed by atoms with Gasteiger partial charge < -0.3 is 15.7 Å². The number of halogens is 4. The van der Waals surface area contributed by atoms with Gasteiger partial charge in [0.2, 0.25) is 5.91 Å². The molecule has 4 N–H and O–H groups in total. The highest BCUT2D eigenvalue weighted by Gasteiger charge is 2.38. The zero-order valence-corrected chi connectivity index (χ0v) is 21.2. The van der Waals surface area contributed by atoms with Crippen LogP contribution in [0.5, 0.6) is 0 Å². The van der Waals surface area contributed by atoms with Crippen LogP contribution in [0.1, 0.15) is 12.0 Å². The predicted molar refractivity (Wildman–Crippen MR) is 133 cm³/mol. The third-order valence-electron chi connectivity index (χ3n) is 5.04. The van der Waals surface area contributed by atoms with Crippen LogP contribution in [-0.4, -0.2) is 61.6 Å². The highest BCUT2D eigenvalue weighted by molar-refractivity contribution is 7.91. The standard InChI is InChI=1S/C20H19ClN4O3S2.C2HF3O2/c21-15-6-7-17-14(10-15)11-18(29-17)30(27,28)24-16-8-9-25(20(16)26)12-23-19(22)13-4-2-1-3-5-13;3-2(4,5)1(6)7/h1-7,10-11,16,24H,8-9,12H2,(H2,22,23);(H,6,7)/t16-;/m0./s1. The quantitative estimate of drug-likeness (QED) is 0.303. The van der Waals surface area contributed by atoms with Crippen molar-refractivity contribution in [1.29, 1.82) is 0 Å².